The predicted molar refractivity (Wildman–Crippen MR) is 149 cm³/mol. The van der Waals surface area contributed by atoms with Gasteiger partial charge in [-0.1, -0.05) is 12.1 Å². The number of nitrogens with zero attached hydrogens (tertiary/aromatic N) is 2. The summed E-state index contributed by atoms with van der Waals surface area (Å²) in [5.74, 6) is 2.78. The molecule has 0 spiro atoms. The fourth-order valence-corrected chi connectivity index (χ4v) is 6.29. The van der Waals surface area contributed by atoms with Gasteiger partial charge in [-0.3, -0.25) is 4.79 Å². The minimum atomic E-state index is -0.124. The minimum absolute atomic E-state index is 0.00950. The summed E-state index contributed by atoms with van der Waals surface area (Å²) in [4.78, 5) is 18.3. The van der Waals surface area contributed by atoms with Crippen LogP contribution in [0, 0.1) is 5.92 Å². The molecule has 0 saturated carbocycles. The van der Waals surface area contributed by atoms with Crippen molar-refractivity contribution in [3.8, 4) is 17.2 Å². The minimum Gasteiger partial charge on any atom is -0.487 e. The van der Waals surface area contributed by atoms with E-state index in [-0.39, 0.29) is 23.5 Å². The summed E-state index contributed by atoms with van der Waals surface area (Å²) in [6, 6.07) is 12.8. The van der Waals surface area contributed by atoms with Gasteiger partial charge in [-0.05, 0) is 94.8 Å². The lowest BCUT2D eigenvalue weighted by atomic mass is 9.94. The van der Waals surface area contributed by atoms with Crippen LogP contribution in [-0.4, -0.2) is 68.4 Å². The van der Waals surface area contributed by atoms with Crippen LogP contribution < -0.4 is 24.4 Å². The van der Waals surface area contributed by atoms with Gasteiger partial charge in [0.2, 0.25) is 5.91 Å². The van der Waals surface area contributed by atoms with Crippen LogP contribution in [0.4, 0.5) is 5.69 Å². The summed E-state index contributed by atoms with van der Waals surface area (Å²) in [6.07, 6.45) is 6.22. The first-order valence-electron chi connectivity index (χ1n) is 14.4. The monoisotopic (exact) mass is 519 g/mol. The van der Waals surface area contributed by atoms with E-state index in [1.54, 1.807) is 0 Å². The SMILES string of the molecule is CC1(C)CCc2ccc(N3CCC(C(=O)NC(Cc4ccc5c(c4)OCCO5)CN4CCCC4)C3)cc2O1. The second kappa shape index (κ2) is 10.7. The van der Waals surface area contributed by atoms with E-state index in [0.29, 0.717) is 13.2 Å². The van der Waals surface area contributed by atoms with Crippen LogP contribution in [0.2, 0.25) is 0 Å². The Morgan fingerprint density at radius 1 is 1.03 bits per heavy atom. The fourth-order valence-electron chi connectivity index (χ4n) is 6.29. The zero-order valence-electron chi connectivity index (χ0n) is 22.8. The maximum atomic E-state index is 13.5. The normalized spacial score (nSPS) is 23.0. The molecule has 2 fully saturated rings. The van der Waals surface area contributed by atoms with Crippen LogP contribution in [-0.2, 0) is 17.6 Å². The zero-order chi connectivity index (χ0) is 26.1. The molecule has 1 amide bonds. The molecule has 2 saturated heterocycles. The highest BCUT2D eigenvalue weighted by molar-refractivity contribution is 5.80. The van der Waals surface area contributed by atoms with Crippen molar-refractivity contribution < 1.29 is 19.0 Å². The van der Waals surface area contributed by atoms with E-state index in [9.17, 15) is 4.79 Å². The third-order valence-electron chi connectivity index (χ3n) is 8.47. The van der Waals surface area contributed by atoms with Gasteiger partial charge in [-0.2, -0.15) is 0 Å². The molecule has 7 heteroatoms. The number of carbonyl (C=O) groups is 1. The highest BCUT2D eigenvalue weighted by Crippen LogP contribution is 2.37. The molecule has 7 nitrogen and oxygen atoms in total. The molecule has 6 rings (SSSR count). The summed E-state index contributed by atoms with van der Waals surface area (Å²) < 4.78 is 17.8. The number of hydrogen-bond donors (Lipinski definition) is 1. The average Bonchev–Trinajstić information content (AvgIpc) is 3.60. The van der Waals surface area contributed by atoms with Gasteiger partial charge in [-0.15, -0.1) is 0 Å². The molecule has 0 aromatic heterocycles. The van der Waals surface area contributed by atoms with Gasteiger partial charge in [0.05, 0.1) is 5.92 Å². The van der Waals surface area contributed by atoms with Crippen LogP contribution in [0.5, 0.6) is 17.2 Å². The molecule has 2 unspecified atom stereocenters. The molecular weight excluding hydrogens is 478 g/mol. The van der Waals surface area contributed by atoms with Crippen LogP contribution >= 0.6 is 0 Å². The van der Waals surface area contributed by atoms with Crippen LogP contribution in [0.1, 0.15) is 50.7 Å². The first-order valence-corrected chi connectivity index (χ1v) is 14.4. The number of rotatable bonds is 7. The molecule has 4 aliphatic rings. The fraction of sp³-hybridized carbons (Fsp3) is 0.581. The first-order chi connectivity index (χ1) is 18.4. The number of likely N-dealkylation sites (tertiary alicyclic amines) is 1. The summed E-state index contributed by atoms with van der Waals surface area (Å²) in [7, 11) is 0. The van der Waals surface area contributed by atoms with Crippen molar-refractivity contribution in [3.63, 3.8) is 0 Å². The van der Waals surface area contributed by atoms with Crippen molar-refractivity contribution in [2.24, 2.45) is 5.92 Å². The van der Waals surface area contributed by atoms with E-state index >= 15 is 0 Å². The average molecular weight is 520 g/mol. The summed E-state index contributed by atoms with van der Waals surface area (Å²) in [5, 5.41) is 3.44. The Labute approximate surface area is 226 Å². The third kappa shape index (κ3) is 5.73. The lowest BCUT2D eigenvalue weighted by molar-refractivity contribution is -0.125. The van der Waals surface area contributed by atoms with Gasteiger partial charge in [0, 0.05) is 37.4 Å². The van der Waals surface area contributed by atoms with Gasteiger partial charge in [-0.25, -0.2) is 0 Å². The smallest absolute Gasteiger partial charge is 0.225 e. The molecule has 2 atom stereocenters. The number of fused-ring (bicyclic) bond motifs is 2. The standard InChI is InChI=1S/C31H41N3O4/c1-31(2)11-9-23-6-7-26(19-28(23)38-31)34-14-10-24(20-34)30(35)32-25(21-33-12-3-4-13-33)17-22-5-8-27-29(18-22)37-16-15-36-27/h5-8,18-19,24-25H,3-4,9-17,20-21H2,1-2H3,(H,32,35). The maximum absolute atomic E-state index is 13.5. The van der Waals surface area contributed by atoms with Crippen LogP contribution in [0.3, 0.4) is 0 Å². The lowest BCUT2D eigenvalue weighted by Gasteiger charge is -2.33. The number of benzene rings is 2. The van der Waals surface area contributed by atoms with E-state index < -0.39 is 0 Å². The van der Waals surface area contributed by atoms with Gasteiger partial charge in [0.1, 0.15) is 24.6 Å². The number of ether oxygens (including phenoxy) is 3. The summed E-state index contributed by atoms with van der Waals surface area (Å²) in [6.45, 7) is 10.2. The number of amides is 1. The molecule has 204 valence electrons. The highest BCUT2D eigenvalue weighted by atomic mass is 16.6. The van der Waals surface area contributed by atoms with Crippen molar-refractivity contribution in [2.75, 3.05) is 50.8 Å². The zero-order valence-corrected chi connectivity index (χ0v) is 22.8. The van der Waals surface area contributed by atoms with Gasteiger partial charge >= 0.3 is 0 Å². The van der Waals surface area contributed by atoms with Gasteiger partial charge in [0.25, 0.3) is 0 Å². The van der Waals surface area contributed by atoms with Crippen molar-refractivity contribution in [1.29, 1.82) is 0 Å². The van der Waals surface area contributed by atoms with E-state index in [0.717, 1.165) is 81.3 Å². The Hall–Kier alpha value is -2.93. The van der Waals surface area contributed by atoms with E-state index in [1.807, 2.05) is 6.07 Å². The predicted octanol–water partition coefficient (Wildman–Crippen LogP) is 4.21. The van der Waals surface area contributed by atoms with Crippen LogP contribution in [0.25, 0.3) is 0 Å². The molecule has 1 N–H and O–H groups in total. The Morgan fingerprint density at radius 2 is 1.84 bits per heavy atom. The molecule has 4 aliphatic heterocycles. The molecular formula is C31H41N3O4. The second-order valence-electron chi connectivity index (χ2n) is 12.0. The molecule has 38 heavy (non-hydrogen) atoms. The topological polar surface area (TPSA) is 63.3 Å². The largest absolute Gasteiger partial charge is 0.487 e. The summed E-state index contributed by atoms with van der Waals surface area (Å²) in [5.41, 5.74) is 3.48. The van der Waals surface area contributed by atoms with Gasteiger partial charge in [0.15, 0.2) is 11.5 Å². The Balaban J connectivity index is 1.11. The summed E-state index contributed by atoms with van der Waals surface area (Å²) >= 11 is 0. The number of anilines is 1. The van der Waals surface area contributed by atoms with E-state index in [4.69, 9.17) is 14.2 Å². The Bertz CT molecular complexity index is 1160. The molecule has 0 aliphatic carbocycles. The van der Waals surface area contributed by atoms with Crippen molar-refractivity contribution in [2.45, 2.75) is 64.0 Å². The van der Waals surface area contributed by atoms with Crippen molar-refractivity contribution in [3.05, 3.63) is 47.5 Å². The quantitative estimate of drug-likeness (QED) is 0.591. The molecule has 2 aromatic rings. The third-order valence-corrected chi connectivity index (χ3v) is 8.47. The van der Waals surface area contributed by atoms with E-state index in [1.165, 1.54) is 24.0 Å². The number of aryl methyl sites for hydroxylation is 1. The van der Waals surface area contributed by atoms with E-state index in [2.05, 4.69) is 59.3 Å². The number of hydrogen-bond acceptors (Lipinski definition) is 6. The van der Waals surface area contributed by atoms with Crippen LogP contribution in [0.15, 0.2) is 36.4 Å². The van der Waals surface area contributed by atoms with Gasteiger partial charge < -0.3 is 29.3 Å². The lowest BCUT2D eigenvalue weighted by Crippen LogP contribution is -2.46. The molecule has 2 aromatic carbocycles. The Morgan fingerprint density at radius 3 is 2.68 bits per heavy atom. The van der Waals surface area contributed by atoms with Crippen molar-refractivity contribution in [1.82, 2.24) is 10.2 Å². The molecule has 0 bridgehead atoms. The first kappa shape index (κ1) is 25.4. The number of carbonyl (C=O) groups excluding carboxylic acids is 1. The van der Waals surface area contributed by atoms with Crippen molar-refractivity contribution >= 4 is 11.6 Å². The Kier molecular flexibility index (Phi) is 7.12. The maximum Gasteiger partial charge on any atom is 0.225 e. The highest BCUT2D eigenvalue weighted by Gasteiger charge is 2.32. The number of nitrogens with one attached hydrogen (secondary N) is 1. The molecule has 0 radical (unpaired) electrons. The molecule has 4 heterocycles. The second-order valence-corrected chi connectivity index (χ2v) is 12.0.